The summed E-state index contributed by atoms with van der Waals surface area (Å²) in [7, 11) is 0. The zero-order chi connectivity index (χ0) is 8.10. The number of rotatable bonds is 2. The number of pyridine rings is 1. The van der Waals surface area contributed by atoms with E-state index in [1.807, 2.05) is 12.1 Å². The number of nitrogens with zero attached hydrogens (tertiary/aromatic N) is 1. The Hall–Kier alpha value is -1.33. The van der Waals surface area contributed by atoms with Gasteiger partial charge in [-0.2, -0.15) is 0 Å². The van der Waals surface area contributed by atoms with E-state index in [0.29, 0.717) is 6.42 Å². The number of aliphatic hydroxyl groups is 1. The molecule has 0 aliphatic rings. The van der Waals surface area contributed by atoms with Gasteiger partial charge in [0.15, 0.2) is 0 Å². The van der Waals surface area contributed by atoms with Gasteiger partial charge in [-0.25, -0.2) is 0 Å². The van der Waals surface area contributed by atoms with Gasteiger partial charge in [0.05, 0.1) is 0 Å². The highest BCUT2D eigenvalue weighted by molar-refractivity contribution is 5.13. The average Bonchev–Trinajstić information content (AvgIpc) is 2.06. The molecule has 0 saturated carbocycles. The van der Waals surface area contributed by atoms with Crippen LogP contribution in [0.1, 0.15) is 5.56 Å². The summed E-state index contributed by atoms with van der Waals surface area (Å²) in [6, 6.07) is 3.67. The van der Waals surface area contributed by atoms with E-state index in [1.54, 1.807) is 12.4 Å². The normalized spacial score (nSPS) is 12.0. The Kier molecular flexibility index (Phi) is 2.65. The zero-order valence-electron chi connectivity index (χ0n) is 6.07. The summed E-state index contributed by atoms with van der Waals surface area (Å²) in [5.74, 6) is 2.25. The molecule has 1 unspecified atom stereocenters. The third kappa shape index (κ3) is 2.40. The van der Waals surface area contributed by atoms with Gasteiger partial charge >= 0.3 is 0 Å². The number of terminal acetylenes is 1. The van der Waals surface area contributed by atoms with Crippen molar-refractivity contribution >= 4 is 0 Å². The van der Waals surface area contributed by atoms with Crippen molar-refractivity contribution in [2.75, 3.05) is 0 Å². The summed E-state index contributed by atoms with van der Waals surface area (Å²) in [6.45, 7) is 0. The van der Waals surface area contributed by atoms with Crippen LogP contribution in [-0.4, -0.2) is 16.2 Å². The fraction of sp³-hybridized carbons (Fsp3) is 0.222. The maximum atomic E-state index is 9.05. The molecule has 0 radical (unpaired) electrons. The first-order valence-corrected chi connectivity index (χ1v) is 3.36. The predicted octanol–water partition coefficient (Wildman–Crippen LogP) is 0.618. The lowest BCUT2D eigenvalue weighted by Crippen LogP contribution is -2.06. The minimum absolute atomic E-state index is 0.499. The van der Waals surface area contributed by atoms with Gasteiger partial charge in [-0.15, -0.1) is 6.42 Å². The summed E-state index contributed by atoms with van der Waals surface area (Å²) in [6.07, 6.45) is 8.18. The molecule has 1 N–H and O–H groups in total. The molecule has 2 nitrogen and oxygen atoms in total. The van der Waals surface area contributed by atoms with Gasteiger partial charge in [-0.3, -0.25) is 4.98 Å². The molecule has 0 fully saturated rings. The van der Waals surface area contributed by atoms with Crippen molar-refractivity contribution < 1.29 is 5.11 Å². The number of aliphatic hydroxyl groups excluding tert-OH is 1. The van der Waals surface area contributed by atoms with Crippen molar-refractivity contribution in [1.29, 1.82) is 0 Å². The summed E-state index contributed by atoms with van der Waals surface area (Å²) in [4.78, 5) is 3.85. The van der Waals surface area contributed by atoms with Gasteiger partial charge in [0.25, 0.3) is 0 Å². The van der Waals surface area contributed by atoms with Gasteiger partial charge in [0.2, 0.25) is 0 Å². The van der Waals surface area contributed by atoms with Crippen LogP contribution in [0.2, 0.25) is 0 Å². The average molecular weight is 147 g/mol. The minimum Gasteiger partial charge on any atom is -0.380 e. The predicted molar refractivity (Wildman–Crippen MR) is 42.8 cm³/mol. The van der Waals surface area contributed by atoms with E-state index in [1.165, 1.54) is 0 Å². The first-order valence-electron chi connectivity index (χ1n) is 3.36. The molecule has 0 spiro atoms. The molecule has 0 aliphatic carbocycles. The van der Waals surface area contributed by atoms with Crippen LogP contribution in [0.25, 0.3) is 0 Å². The van der Waals surface area contributed by atoms with Gasteiger partial charge in [-0.05, 0) is 17.7 Å². The second-order valence-corrected chi connectivity index (χ2v) is 2.24. The Morgan fingerprint density at radius 1 is 1.55 bits per heavy atom. The Morgan fingerprint density at radius 3 is 2.73 bits per heavy atom. The summed E-state index contributed by atoms with van der Waals surface area (Å²) in [5.41, 5.74) is 1.01. The van der Waals surface area contributed by atoms with Crippen molar-refractivity contribution in [2.45, 2.75) is 12.5 Å². The number of hydrogen-bond donors (Lipinski definition) is 1. The quantitative estimate of drug-likeness (QED) is 0.622. The fourth-order valence-electron chi connectivity index (χ4n) is 0.801. The lowest BCUT2D eigenvalue weighted by Gasteiger charge is -2.01. The maximum absolute atomic E-state index is 9.05. The molecular formula is C9H9NO. The van der Waals surface area contributed by atoms with Crippen molar-refractivity contribution in [3.05, 3.63) is 30.1 Å². The highest BCUT2D eigenvalue weighted by atomic mass is 16.3. The molecule has 1 aromatic heterocycles. The van der Waals surface area contributed by atoms with Crippen molar-refractivity contribution in [3.63, 3.8) is 0 Å². The Bertz CT molecular complexity index is 250. The maximum Gasteiger partial charge on any atom is 0.118 e. The van der Waals surface area contributed by atoms with E-state index in [2.05, 4.69) is 10.9 Å². The summed E-state index contributed by atoms with van der Waals surface area (Å²) in [5, 5.41) is 9.05. The smallest absolute Gasteiger partial charge is 0.118 e. The van der Waals surface area contributed by atoms with Crippen molar-refractivity contribution in [1.82, 2.24) is 4.98 Å². The third-order valence-electron chi connectivity index (χ3n) is 1.37. The molecule has 56 valence electrons. The first-order chi connectivity index (χ1) is 5.33. The zero-order valence-corrected chi connectivity index (χ0v) is 6.07. The minimum atomic E-state index is -0.683. The van der Waals surface area contributed by atoms with E-state index >= 15 is 0 Å². The molecule has 1 rings (SSSR count). The molecule has 11 heavy (non-hydrogen) atoms. The van der Waals surface area contributed by atoms with Crippen LogP contribution in [0.3, 0.4) is 0 Å². The Morgan fingerprint density at radius 2 is 2.18 bits per heavy atom. The van der Waals surface area contributed by atoms with Crippen LogP contribution in [0.5, 0.6) is 0 Å². The van der Waals surface area contributed by atoms with Crippen LogP contribution in [0, 0.1) is 12.3 Å². The van der Waals surface area contributed by atoms with Crippen LogP contribution < -0.4 is 0 Å². The molecule has 1 heterocycles. The topological polar surface area (TPSA) is 33.1 Å². The van der Waals surface area contributed by atoms with Crippen LogP contribution >= 0.6 is 0 Å². The molecule has 1 atom stereocenters. The molecule has 1 aromatic rings. The van der Waals surface area contributed by atoms with Gasteiger partial charge in [0.1, 0.15) is 6.10 Å². The molecule has 0 saturated heterocycles. The van der Waals surface area contributed by atoms with Crippen LogP contribution in [0.15, 0.2) is 24.5 Å². The Balaban J connectivity index is 2.60. The number of aromatic nitrogens is 1. The summed E-state index contributed by atoms with van der Waals surface area (Å²) >= 11 is 0. The van der Waals surface area contributed by atoms with E-state index in [9.17, 15) is 0 Å². The molecule has 0 aliphatic heterocycles. The fourth-order valence-corrected chi connectivity index (χ4v) is 0.801. The Labute approximate surface area is 65.9 Å². The number of hydrogen-bond acceptors (Lipinski definition) is 2. The van der Waals surface area contributed by atoms with Crippen LogP contribution in [-0.2, 0) is 6.42 Å². The van der Waals surface area contributed by atoms with E-state index in [4.69, 9.17) is 11.5 Å². The van der Waals surface area contributed by atoms with Crippen molar-refractivity contribution in [3.8, 4) is 12.3 Å². The SMILES string of the molecule is C#CC(O)Cc1ccncc1. The third-order valence-corrected chi connectivity index (χ3v) is 1.37. The highest BCUT2D eigenvalue weighted by Crippen LogP contribution is 1.99. The molecular weight excluding hydrogens is 138 g/mol. The summed E-state index contributed by atoms with van der Waals surface area (Å²) < 4.78 is 0. The van der Waals surface area contributed by atoms with Gasteiger partial charge in [-0.1, -0.05) is 5.92 Å². The molecule has 0 bridgehead atoms. The lowest BCUT2D eigenvalue weighted by molar-refractivity contribution is 0.233. The lowest BCUT2D eigenvalue weighted by atomic mass is 10.1. The second-order valence-electron chi connectivity index (χ2n) is 2.24. The standard InChI is InChI=1S/C9H9NO/c1-2-9(11)7-8-3-5-10-6-4-8/h1,3-6,9,11H,7H2. The largest absolute Gasteiger partial charge is 0.380 e. The van der Waals surface area contributed by atoms with E-state index in [-0.39, 0.29) is 0 Å². The first kappa shape index (κ1) is 7.77. The van der Waals surface area contributed by atoms with E-state index in [0.717, 1.165) is 5.56 Å². The van der Waals surface area contributed by atoms with Crippen LogP contribution in [0.4, 0.5) is 0 Å². The molecule has 2 heteroatoms. The van der Waals surface area contributed by atoms with Crippen molar-refractivity contribution in [2.24, 2.45) is 0 Å². The second kappa shape index (κ2) is 3.75. The van der Waals surface area contributed by atoms with Gasteiger partial charge < -0.3 is 5.11 Å². The monoisotopic (exact) mass is 147 g/mol. The molecule has 0 amide bonds. The van der Waals surface area contributed by atoms with Gasteiger partial charge in [0, 0.05) is 18.8 Å². The highest BCUT2D eigenvalue weighted by Gasteiger charge is 1.98. The van der Waals surface area contributed by atoms with E-state index < -0.39 is 6.10 Å². The molecule has 0 aromatic carbocycles.